The fraction of sp³-hybridized carbons (Fsp3) is 0.143. The maximum Gasteiger partial charge on any atom is 0.325 e. The van der Waals surface area contributed by atoms with Crippen LogP contribution in [0.4, 0.5) is 0 Å². The molecule has 0 radical (unpaired) electrons. The van der Waals surface area contributed by atoms with Gasteiger partial charge >= 0.3 is 11.9 Å². The summed E-state index contributed by atoms with van der Waals surface area (Å²) in [6.45, 7) is 2.59. The molecular weight excluding hydrogens is 376 g/mol. The van der Waals surface area contributed by atoms with Crippen molar-refractivity contribution in [3.05, 3.63) is 71.4 Å². The van der Waals surface area contributed by atoms with Crippen LogP contribution in [0.5, 0.6) is 5.75 Å². The second kappa shape index (κ2) is 9.84. The van der Waals surface area contributed by atoms with Crippen molar-refractivity contribution in [3.63, 3.8) is 0 Å². The van der Waals surface area contributed by atoms with Gasteiger partial charge in [-0.15, -0.1) is 0 Å². The normalized spacial score (nSPS) is 11.9. The molecule has 150 valence electrons. The summed E-state index contributed by atoms with van der Waals surface area (Å²) in [7, 11) is 0. The Kier molecular flexibility index (Phi) is 7.25. The van der Waals surface area contributed by atoms with Crippen LogP contribution in [0.15, 0.2) is 60.3 Å². The highest BCUT2D eigenvalue weighted by Crippen LogP contribution is 2.15. The summed E-state index contributed by atoms with van der Waals surface area (Å²) in [4.78, 5) is 47.0. The van der Waals surface area contributed by atoms with E-state index in [0.29, 0.717) is 16.9 Å². The predicted molar refractivity (Wildman–Crippen MR) is 105 cm³/mol. The van der Waals surface area contributed by atoms with E-state index >= 15 is 0 Å². The number of aliphatic carboxylic acids is 1. The van der Waals surface area contributed by atoms with Crippen LogP contribution in [0.1, 0.15) is 29.8 Å². The molecule has 2 amide bonds. The minimum atomic E-state index is -1.21. The van der Waals surface area contributed by atoms with E-state index < -0.39 is 29.8 Å². The number of esters is 1. The first-order valence-electron chi connectivity index (χ1n) is 8.66. The summed E-state index contributed by atoms with van der Waals surface area (Å²) < 4.78 is 4.95. The van der Waals surface area contributed by atoms with Crippen LogP contribution in [0.3, 0.4) is 0 Å². The van der Waals surface area contributed by atoms with Crippen LogP contribution in [0.25, 0.3) is 6.08 Å². The van der Waals surface area contributed by atoms with E-state index in [9.17, 15) is 19.2 Å². The van der Waals surface area contributed by atoms with Gasteiger partial charge in [-0.2, -0.15) is 0 Å². The molecule has 0 bridgehead atoms. The Morgan fingerprint density at radius 3 is 2.17 bits per heavy atom. The van der Waals surface area contributed by atoms with Crippen molar-refractivity contribution in [2.24, 2.45) is 0 Å². The molecule has 0 spiro atoms. The number of nitrogens with one attached hydrogen (secondary N) is 2. The van der Waals surface area contributed by atoms with Gasteiger partial charge in [0.25, 0.3) is 11.8 Å². The molecule has 2 aromatic rings. The van der Waals surface area contributed by atoms with E-state index in [2.05, 4.69) is 10.6 Å². The van der Waals surface area contributed by atoms with Gasteiger partial charge in [0.05, 0.1) is 0 Å². The van der Waals surface area contributed by atoms with E-state index in [1.807, 2.05) is 0 Å². The average molecular weight is 396 g/mol. The lowest BCUT2D eigenvalue weighted by Gasteiger charge is -2.13. The minimum absolute atomic E-state index is 0.132. The SMILES string of the molecule is CC(=O)Oc1ccc(/C=C(\NC(=O)c2ccccc2)C(=O)N[C@@H](C)C(=O)O)cc1. The van der Waals surface area contributed by atoms with E-state index in [1.165, 1.54) is 32.1 Å². The molecule has 0 aromatic heterocycles. The summed E-state index contributed by atoms with van der Waals surface area (Å²) >= 11 is 0. The number of ether oxygens (including phenoxy) is 1. The molecule has 0 saturated heterocycles. The Hall–Kier alpha value is -3.94. The van der Waals surface area contributed by atoms with Crippen LogP contribution in [-0.4, -0.2) is 34.9 Å². The largest absolute Gasteiger partial charge is 0.480 e. The molecule has 29 heavy (non-hydrogen) atoms. The minimum Gasteiger partial charge on any atom is -0.480 e. The van der Waals surface area contributed by atoms with Gasteiger partial charge < -0.3 is 20.5 Å². The molecule has 0 saturated carbocycles. The first-order chi connectivity index (χ1) is 13.8. The predicted octanol–water partition coefficient (Wildman–Crippen LogP) is 1.97. The van der Waals surface area contributed by atoms with Gasteiger partial charge in [0.2, 0.25) is 0 Å². The molecular formula is C21H20N2O6. The molecule has 2 aromatic carbocycles. The molecule has 3 N–H and O–H groups in total. The molecule has 2 rings (SSSR count). The maximum absolute atomic E-state index is 12.5. The van der Waals surface area contributed by atoms with E-state index in [4.69, 9.17) is 9.84 Å². The molecule has 0 aliphatic carbocycles. The van der Waals surface area contributed by atoms with E-state index in [0.717, 1.165) is 0 Å². The number of hydrogen-bond acceptors (Lipinski definition) is 5. The third kappa shape index (κ3) is 6.62. The Morgan fingerprint density at radius 2 is 1.62 bits per heavy atom. The van der Waals surface area contributed by atoms with Crippen molar-refractivity contribution in [1.82, 2.24) is 10.6 Å². The lowest BCUT2D eigenvalue weighted by Crippen LogP contribution is -2.42. The van der Waals surface area contributed by atoms with Gasteiger partial charge in [-0.3, -0.25) is 19.2 Å². The number of carboxylic acid groups (broad SMARTS) is 1. The van der Waals surface area contributed by atoms with Gasteiger partial charge in [0.1, 0.15) is 17.5 Å². The topological polar surface area (TPSA) is 122 Å². The van der Waals surface area contributed by atoms with E-state index in [1.54, 1.807) is 42.5 Å². The zero-order chi connectivity index (χ0) is 21.4. The fourth-order valence-corrected chi connectivity index (χ4v) is 2.24. The Balaban J connectivity index is 2.28. The molecule has 8 heteroatoms. The van der Waals surface area contributed by atoms with Crippen molar-refractivity contribution in [1.29, 1.82) is 0 Å². The van der Waals surface area contributed by atoms with Crippen molar-refractivity contribution in [2.75, 3.05) is 0 Å². The second-order valence-electron chi connectivity index (χ2n) is 6.07. The van der Waals surface area contributed by atoms with Crippen LogP contribution >= 0.6 is 0 Å². The smallest absolute Gasteiger partial charge is 0.325 e. The second-order valence-corrected chi connectivity index (χ2v) is 6.07. The average Bonchev–Trinajstić information content (AvgIpc) is 2.68. The Labute approximate surface area is 167 Å². The maximum atomic E-state index is 12.5. The molecule has 0 fully saturated rings. The monoisotopic (exact) mass is 396 g/mol. The number of carbonyl (C=O) groups is 4. The van der Waals surface area contributed by atoms with Crippen molar-refractivity contribution in [3.8, 4) is 5.75 Å². The van der Waals surface area contributed by atoms with Gasteiger partial charge in [0, 0.05) is 12.5 Å². The van der Waals surface area contributed by atoms with Gasteiger partial charge in [0.15, 0.2) is 0 Å². The highest BCUT2D eigenvalue weighted by Gasteiger charge is 2.19. The molecule has 1 atom stereocenters. The van der Waals surface area contributed by atoms with Crippen LogP contribution in [0, 0.1) is 0 Å². The standard InChI is InChI=1S/C21H20N2O6/c1-13(21(27)28)22-20(26)18(23-19(25)16-6-4-3-5-7-16)12-15-8-10-17(11-9-15)29-14(2)24/h3-13H,1-2H3,(H,22,26)(H,23,25)(H,27,28)/b18-12-/t13-/m0/s1. The number of benzene rings is 2. The Morgan fingerprint density at radius 1 is 1.00 bits per heavy atom. The first-order valence-corrected chi connectivity index (χ1v) is 8.66. The summed E-state index contributed by atoms with van der Waals surface area (Å²) in [6, 6.07) is 13.4. The number of hydrogen-bond donors (Lipinski definition) is 3. The summed E-state index contributed by atoms with van der Waals surface area (Å²) in [6.07, 6.45) is 1.39. The van der Waals surface area contributed by atoms with E-state index in [-0.39, 0.29) is 5.70 Å². The summed E-state index contributed by atoms with van der Waals surface area (Å²) in [5.41, 5.74) is 0.734. The van der Waals surface area contributed by atoms with Crippen LogP contribution in [-0.2, 0) is 14.4 Å². The number of carbonyl (C=O) groups excluding carboxylic acids is 3. The summed E-state index contributed by atoms with van der Waals surface area (Å²) in [5, 5.41) is 13.8. The lowest BCUT2D eigenvalue weighted by molar-refractivity contribution is -0.140. The number of rotatable bonds is 7. The molecule has 0 aliphatic heterocycles. The molecule has 0 heterocycles. The Bertz CT molecular complexity index is 935. The zero-order valence-electron chi connectivity index (χ0n) is 15.8. The number of amides is 2. The highest BCUT2D eigenvalue weighted by atomic mass is 16.5. The third-order valence-corrected chi connectivity index (χ3v) is 3.70. The van der Waals surface area contributed by atoms with Crippen molar-refractivity contribution in [2.45, 2.75) is 19.9 Å². The van der Waals surface area contributed by atoms with Crippen molar-refractivity contribution < 1.29 is 29.0 Å². The molecule has 0 unspecified atom stereocenters. The molecule has 0 aliphatic rings. The van der Waals surface area contributed by atoms with Crippen LogP contribution < -0.4 is 15.4 Å². The van der Waals surface area contributed by atoms with Gasteiger partial charge in [-0.1, -0.05) is 30.3 Å². The summed E-state index contributed by atoms with van der Waals surface area (Å²) in [5.74, 6) is -2.63. The number of carboxylic acids is 1. The van der Waals surface area contributed by atoms with Gasteiger partial charge in [-0.05, 0) is 42.8 Å². The third-order valence-electron chi connectivity index (χ3n) is 3.70. The zero-order valence-corrected chi connectivity index (χ0v) is 15.8. The first kappa shape index (κ1) is 21.4. The molecule has 8 nitrogen and oxygen atoms in total. The quantitative estimate of drug-likeness (QED) is 0.374. The van der Waals surface area contributed by atoms with Gasteiger partial charge in [-0.25, -0.2) is 0 Å². The lowest BCUT2D eigenvalue weighted by atomic mass is 10.1. The van der Waals surface area contributed by atoms with Crippen molar-refractivity contribution >= 4 is 29.8 Å². The van der Waals surface area contributed by atoms with Crippen LogP contribution in [0.2, 0.25) is 0 Å². The fourth-order valence-electron chi connectivity index (χ4n) is 2.24. The highest BCUT2D eigenvalue weighted by molar-refractivity contribution is 6.06.